The zero-order valence-corrected chi connectivity index (χ0v) is 12.6. The summed E-state index contributed by atoms with van der Waals surface area (Å²) in [4.78, 5) is 23.4. The van der Waals surface area contributed by atoms with Crippen molar-refractivity contribution in [3.8, 4) is 0 Å². The first kappa shape index (κ1) is 16.7. The van der Waals surface area contributed by atoms with E-state index in [1.807, 2.05) is 0 Å². The number of carbonyl (C=O) groups excluding carboxylic acids is 2. The van der Waals surface area contributed by atoms with Crippen LogP contribution in [0.4, 0.5) is 0 Å². The smallest absolute Gasteiger partial charge is 0.223 e. The average Bonchev–Trinajstić information content (AvgIpc) is 2.65. The molecule has 0 aromatic rings. The molecule has 3 N–H and O–H groups in total. The summed E-state index contributed by atoms with van der Waals surface area (Å²) in [6.45, 7) is 0. The number of amides is 1. The zero-order chi connectivity index (χ0) is 13.2. The molecule has 6 heteroatoms. The van der Waals surface area contributed by atoms with E-state index >= 15 is 0 Å². The lowest BCUT2D eigenvalue weighted by Gasteiger charge is -2.33. The summed E-state index contributed by atoms with van der Waals surface area (Å²) >= 11 is 5.48. The van der Waals surface area contributed by atoms with Crippen molar-refractivity contribution in [1.82, 2.24) is 5.32 Å². The van der Waals surface area contributed by atoms with Crippen molar-refractivity contribution in [3.63, 3.8) is 0 Å². The highest BCUT2D eigenvalue weighted by Gasteiger charge is 2.44. The van der Waals surface area contributed by atoms with Gasteiger partial charge in [-0.05, 0) is 25.7 Å². The lowest BCUT2D eigenvalue weighted by Crippen LogP contribution is -2.42. The van der Waals surface area contributed by atoms with Crippen molar-refractivity contribution in [2.45, 2.75) is 56.5 Å². The molecule has 2 unspecified atom stereocenters. The molecule has 0 aromatic carbocycles. The molecule has 0 bridgehead atoms. The normalized spacial score (nSPS) is 26.6. The molecule has 2 aliphatic rings. The summed E-state index contributed by atoms with van der Waals surface area (Å²) in [6, 6.07) is -0.600. The van der Waals surface area contributed by atoms with Crippen LogP contribution in [0.15, 0.2) is 0 Å². The SMILES string of the molecule is Cl.NC(CC1CC2(CCCCC2)NC1=O)C(=O)CCl. The Hall–Kier alpha value is -0.320. The second kappa shape index (κ2) is 6.91. The summed E-state index contributed by atoms with van der Waals surface area (Å²) in [5.41, 5.74) is 5.76. The quantitative estimate of drug-likeness (QED) is 0.778. The van der Waals surface area contributed by atoms with E-state index in [1.165, 1.54) is 19.3 Å². The Morgan fingerprint density at radius 1 is 1.42 bits per heavy atom. The standard InChI is InChI=1S/C13H21ClN2O2.ClH/c14-8-11(17)10(15)6-9-7-13(16-12(9)18)4-2-1-3-5-13;/h9-10H,1-8,15H2,(H,16,18);1H. The van der Waals surface area contributed by atoms with Crippen LogP contribution in [0.2, 0.25) is 0 Å². The molecule has 110 valence electrons. The number of Topliss-reactive ketones (excluding diaryl/α,β-unsaturated/α-hetero) is 1. The molecule has 19 heavy (non-hydrogen) atoms. The Morgan fingerprint density at radius 2 is 2.05 bits per heavy atom. The van der Waals surface area contributed by atoms with Gasteiger partial charge in [0.25, 0.3) is 0 Å². The van der Waals surface area contributed by atoms with E-state index in [4.69, 9.17) is 17.3 Å². The van der Waals surface area contributed by atoms with Gasteiger partial charge in [-0.25, -0.2) is 0 Å². The molecular weight excluding hydrogens is 287 g/mol. The molecule has 0 radical (unpaired) electrons. The molecule has 4 nitrogen and oxygen atoms in total. The number of halogens is 2. The first-order valence-electron chi connectivity index (χ1n) is 6.73. The summed E-state index contributed by atoms with van der Waals surface area (Å²) in [5, 5.41) is 3.14. The predicted molar refractivity (Wildman–Crippen MR) is 77.6 cm³/mol. The van der Waals surface area contributed by atoms with Gasteiger partial charge in [-0.15, -0.1) is 24.0 Å². The Labute approximate surface area is 125 Å². The number of nitrogens with two attached hydrogens (primary N) is 1. The van der Waals surface area contributed by atoms with Gasteiger partial charge in [0.2, 0.25) is 5.91 Å². The molecule has 1 amide bonds. The predicted octanol–water partition coefficient (Wildman–Crippen LogP) is 1.77. The van der Waals surface area contributed by atoms with Gasteiger partial charge < -0.3 is 11.1 Å². The Morgan fingerprint density at radius 3 is 2.63 bits per heavy atom. The first-order chi connectivity index (χ1) is 8.56. The van der Waals surface area contributed by atoms with E-state index in [0.29, 0.717) is 6.42 Å². The van der Waals surface area contributed by atoms with Gasteiger partial charge in [0.1, 0.15) is 0 Å². The maximum atomic E-state index is 12.0. The third-order valence-corrected chi connectivity index (χ3v) is 4.55. The summed E-state index contributed by atoms with van der Waals surface area (Å²) in [7, 11) is 0. The monoisotopic (exact) mass is 308 g/mol. The summed E-state index contributed by atoms with van der Waals surface area (Å²) in [5.74, 6) is -0.297. The minimum absolute atomic E-state index is 0. The van der Waals surface area contributed by atoms with Crippen molar-refractivity contribution in [2.75, 3.05) is 5.88 Å². The van der Waals surface area contributed by atoms with Crippen molar-refractivity contribution < 1.29 is 9.59 Å². The van der Waals surface area contributed by atoms with E-state index in [-0.39, 0.29) is 41.4 Å². The lowest BCUT2D eigenvalue weighted by atomic mass is 9.78. The summed E-state index contributed by atoms with van der Waals surface area (Å²) < 4.78 is 0. The molecule has 2 rings (SSSR count). The van der Waals surface area contributed by atoms with Gasteiger partial charge in [-0.3, -0.25) is 9.59 Å². The van der Waals surface area contributed by atoms with Crippen LogP contribution < -0.4 is 11.1 Å². The molecular formula is C13H22Cl2N2O2. The second-order valence-corrected chi connectivity index (χ2v) is 5.94. The van der Waals surface area contributed by atoms with Gasteiger partial charge in [0.05, 0.1) is 11.9 Å². The average molecular weight is 309 g/mol. The van der Waals surface area contributed by atoms with E-state index in [9.17, 15) is 9.59 Å². The van der Waals surface area contributed by atoms with Crippen LogP contribution in [0.3, 0.4) is 0 Å². The molecule has 1 aliphatic heterocycles. The molecule has 2 atom stereocenters. The third-order valence-electron chi connectivity index (χ3n) is 4.29. The van der Waals surface area contributed by atoms with Crippen LogP contribution in [-0.4, -0.2) is 29.2 Å². The van der Waals surface area contributed by atoms with Crippen LogP contribution in [0.1, 0.15) is 44.9 Å². The zero-order valence-electron chi connectivity index (χ0n) is 11.0. The first-order valence-corrected chi connectivity index (χ1v) is 7.26. The van der Waals surface area contributed by atoms with Gasteiger partial charge >= 0.3 is 0 Å². The maximum absolute atomic E-state index is 12.0. The third kappa shape index (κ3) is 3.83. The maximum Gasteiger partial charge on any atom is 0.223 e. The molecule has 2 fully saturated rings. The highest BCUT2D eigenvalue weighted by atomic mass is 35.5. The number of hydrogen-bond acceptors (Lipinski definition) is 3. The molecule has 1 aliphatic carbocycles. The Kier molecular flexibility index (Phi) is 6.09. The molecule has 1 saturated heterocycles. The van der Waals surface area contributed by atoms with E-state index in [0.717, 1.165) is 19.3 Å². The van der Waals surface area contributed by atoms with Crippen LogP contribution >= 0.6 is 24.0 Å². The van der Waals surface area contributed by atoms with Crippen LogP contribution in [0.5, 0.6) is 0 Å². The number of ketones is 1. The number of nitrogens with one attached hydrogen (secondary N) is 1. The van der Waals surface area contributed by atoms with E-state index in [1.54, 1.807) is 0 Å². The van der Waals surface area contributed by atoms with Crippen molar-refractivity contribution >= 4 is 35.7 Å². The van der Waals surface area contributed by atoms with Crippen LogP contribution in [0.25, 0.3) is 0 Å². The number of alkyl halides is 1. The fourth-order valence-electron chi connectivity index (χ4n) is 3.26. The highest BCUT2D eigenvalue weighted by molar-refractivity contribution is 6.28. The van der Waals surface area contributed by atoms with Crippen molar-refractivity contribution in [2.24, 2.45) is 11.7 Å². The van der Waals surface area contributed by atoms with E-state index in [2.05, 4.69) is 5.32 Å². The topological polar surface area (TPSA) is 72.2 Å². The molecule has 1 heterocycles. The summed E-state index contributed by atoms with van der Waals surface area (Å²) in [6.07, 6.45) is 7.00. The fraction of sp³-hybridized carbons (Fsp3) is 0.846. The minimum Gasteiger partial charge on any atom is -0.350 e. The fourth-order valence-corrected chi connectivity index (χ4v) is 3.46. The van der Waals surface area contributed by atoms with Crippen molar-refractivity contribution in [3.05, 3.63) is 0 Å². The number of rotatable bonds is 4. The number of carbonyl (C=O) groups is 2. The number of hydrogen-bond donors (Lipinski definition) is 2. The Bertz CT molecular complexity index is 344. The van der Waals surface area contributed by atoms with Gasteiger partial charge in [-0.2, -0.15) is 0 Å². The Balaban J connectivity index is 0.00000180. The van der Waals surface area contributed by atoms with Crippen LogP contribution in [-0.2, 0) is 9.59 Å². The van der Waals surface area contributed by atoms with Gasteiger partial charge in [0, 0.05) is 11.5 Å². The van der Waals surface area contributed by atoms with Crippen LogP contribution in [0, 0.1) is 5.92 Å². The van der Waals surface area contributed by atoms with Gasteiger partial charge in [-0.1, -0.05) is 19.3 Å². The van der Waals surface area contributed by atoms with E-state index < -0.39 is 6.04 Å². The molecule has 1 saturated carbocycles. The highest BCUT2D eigenvalue weighted by Crippen LogP contribution is 2.39. The second-order valence-electron chi connectivity index (χ2n) is 5.67. The molecule has 0 aromatic heterocycles. The lowest BCUT2D eigenvalue weighted by molar-refractivity contribution is -0.123. The largest absolute Gasteiger partial charge is 0.350 e. The minimum atomic E-state index is -0.600. The van der Waals surface area contributed by atoms with Gasteiger partial charge in [0.15, 0.2) is 5.78 Å². The van der Waals surface area contributed by atoms with Crippen molar-refractivity contribution in [1.29, 1.82) is 0 Å². The molecule has 1 spiro atoms.